The molecule has 96 valence electrons. The SMILES string of the molecule is CCC1(NS(=O)(=O)c2sc(=O)[nH]c2C)CCC1. The standard InChI is InChI=1S/C10H16N2O3S2/c1-3-10(5-4-6-10)12-17(14,15)8-7(2)11-9(13)16-8/h12H,3-6H2,1-2H3,(H,11,13). The number of hydrogen-bond acceptors (Lipinski definition) is 4. The third kappa shape index (κ3) is 2.31. The molecule has 0 aromatic carbocycles. The topological polar surface area (TPSA) is 79.0 Å². The summed E-state index contributed by atoms with van der Waals surface area (Å²) in [6.45, 7) is 3.58. The van der Waals surface area contributed by atoms with Gasteiger partial charge < -0.3 is 4.98 Å². The second-order valence-corrected chi connectivity index (χ2v) is 7.38. The number of aromatic amines is 1. The monoisotopic (exact) mass is 276 g/mol. The molecule has 0 radical (unpaired) electrons. The lowest BCUT2D eigenvalue weighted by Gasteiger charge is -2.41. The van der Waals surface area contributed by atoms with Gasteiger partial charge in [-0.15, -0.1) is 0 Å². The fourth-order valence-corrected chi connectivity index (χ4v) is 4.94. The van der Waals surface area contributed by atoms with Crippen LogP contribution in [0.2, 0.25) is 0 Å². The Kier molecular flexibility index (Phi) is 3.17. The Morgan fingerprint density at radius 1 is 1.47 bits per heavy atom. The zero-order valence-electron chi connectivity index (χ0n) is 9.87. The van der Waals surface area contributed by atoms with Crippen LogP contribution in [0.4, 0.5) is 0 Å². The third-order valence-corrected chi connectivity index (χ3v) is 6.55. The summed E-state index contributed by atoms with van der Waals surface area (Å²) in [5.41, 5.74) is 0.122. The van der Waals surface area contributed by atoms with Crippen molar-refractivity contribution in [2.75, 3.05) is 0 Å². The summed E-state index contributed by atoms with van der Waals surface area (Å²) in [4.78, 5) is 13.3. The van der Waals surface area contributed by atoms with Crippen molar-refractivity contribution in [3.8, 4) is 0 Å². The minimum atomic E-state index is -3.56. The molecule has 0 saturated heterocycles. The molecular formula is C10H16N2O3S2. The normalized spacial score (nSPS) is 18.9. The molecule has 0 bridgehead atoms. The number of nitrogens with one attached hydrogen (secondary N) is 2. The van der Waals surface area contributed by atoms with Crippen LogP contribution in [0.5, 0.6) is 0 Å². The van der Waals surface area contributed by atoms with Crippen LogP contribution < -0.4 is 9.60 Å². The molecule has 2 N–H and O–H groups in total. The number of H-pyrrole nitrogens is 1. The quantitative estimate of drug-likeness (QED) is 0.871. The lowest BCUT2D eigenvalue weighted by Crippen LogP contribution is -2.52. The highest BCUT2D eigenvalue weighted by Crippen LogP contribution is 2.36. The van der Waals surface area contributed by atoms with Crippen LogP contribution in [0, 0.1) is 6.92 Å². The Balaban J connectivity index is 2.31. The van der Waals surface area contributed by atoms with Crippen LogP contribution in [0.15, 0.2) is 9.00 Å². The Morgan fingerprint density at radius 2 is 2.12 bits per heavy atom. The first-order chi connectivity index (χ1) is 7.88. The number of aryl methyl sites for hydroxylation is 1. The molecule has 1 heterocycles. The summed E-state index contributed by atoms with van der Waals surface area (Å²) < 4.78 is 27.2. The molecule has 1 saturated carbocycles. The predicted octanol–water partition coefficient (Wildman–Crippen LogP) is 1.36. The van der Waals surface area contributed by atoms with E-state index in [1.165, 1.54) is 0 Å². The van der Waals surface area contributed by atoms with Crippen molar-refractivity contribution in [3.63, 3.8) is 0 Å². The molecule has 1 aliphatic carbocycles. The van der Waals surface area contributed by atoms with Crippen molar-refractivity contribution >= 4 is 21.4 Å². The minimum Gasteiger partial charge on any atom is -0.315 e. The van der Waals surface area contributed by atoms with Crippen LogP contribution >= 0.6 is 11.3 Å². The maximum Gasteiger partial charge on any atom is 0.305 e. The van der Waals surface area contributed by atoms with Crippen molar-refractivity contribution in [2.45, 2.75) is 49.3 Å². The van der Waals surface area contributed by atoms with Crippen molar-refractivity contribution < 1.29 is 8.42 Å². The van der Waals surface area contributed by atoms with Crippen LogP contribution in [-0.2, 0) is 10.0 Å². The first-order valence-electron chi connectivity index (χ1n) is 5.62. The van der Waals surface area contributed by atoms with Gasteiger partial charge in [0, 0.05) is 11.2 Å². The molecule has 7 heteroatoms. The van der Waals surface area contributed by atoms with E-state index < -0.39 is 10.0 Å². The highest BCUT2D eigenvalue weighted by Gasteiger charge is 2.39. The fourth-order valence-electron chi connectivity index (χ4n) is 2.11. The van der Waals surface area contributed by atoms with E-state index in [4.69, 9.17) is 0 Å². The van der Waals surface area contributed by atoms with Gasteiger partial charge in [0.15, 0.2) is 4.21 Å². The smallest absolute Gasteiger partial charge is 0.305 e. The van der Waals surface area contributed by atoms with E-state index >= 15 is 0 Å². The highest BCUT2D eigenvalue weighted by atomic mass is 32.2. The molecule has 1 aromatic rings. The van der Waals surface area contributed by atoms with Crippen LogP contribution in [0.25, 0.3) is 0 Å². The van der Waals surface area contributed by atoms with E-state index in [0.717, 1.165) is 37.0 Å². The van der Waals surface area contributed by atoms with Gasteiger partial charge in [-0.25, -0.2) is 13.1 Å². The lowest BCUT2D eigenvalue weighted by molar-refractivity contribution is 0.214. The van der Waals surface area contributed by atoms with Gasteiger partial charge >= 0.3 is 4.87 Å². The van der Waals surface area contributed by atoms with Crippen LogP contribution in [-0.4, -0.2) is 18.9 Å². The van der Waals surface area contributed by atoms with Crippen molar-refractivity contribution in [1.29, 1.82) is 0 Å². The van der Waals surface area contributed by atoms with E-state index in [1.807, 2.05) is 6.92 Å². The highest BCUT2D eigenvalue weighted by molar-refractivity contribution is 7.91. The van der Waals surface area contributed by atoms with Gasteiger partial charge in [-0.1, -0.05) is 18.3 Å². The minimum absolute atomic E-state index is 0.113. The first kappa shape index (κ1) is 12.8. The maximum atomic E-state index is 12.2. The number of thiazole rings is 1. The van der Waals surface area contributed by atoms with Gasteiger partial charge in [0.1, 0.15) is 0 Å². The van der Waals surface area contributed by atoms with Gasteiger partial charge in [-0.05, 0) is 32.6 Å². The van der Waals surface area contributed by atoms with E-state index in [-0.39, 0.29) is 14.6 Å². The van der Waals surface area contributed by atoms with E-state index in [9.17, 15) is 13.2 Å². The Morgan fingerprint density at radius 3 is 2.47 bits per heavy atom. The van der Waals surface area contributed by atoms with Crippen molar-refractivity contribution in [3.05, 3.63) is 15.4 Å². The molecule has 17 heavy (non-hydrogen) atoms. The van der Waals surface area contributed by atoms with E-state index in [0.29, 0.717) is 5.69 Å². The Hall–Kier alpha value is -0.660. The second kappa shape index (κ2) is 4.22. The maximum absolute atomic E-state index is 12.2. The summed E-state index contributed by atoms with van der Waals surface area (Å²) in [5.74, 6) is 0. The van der Waals surface area contributed by atoms with Gasteiger partial charge in [0.25, 0.3) is 10.0 Å². The zero-order valence-corrected chi connectivity index (χ0v) is 11.5. The molecule has 0 atom stereocenters. The molecule has 1 aromatic heterocycles. The molecule has 1 fully saturated rings. The molecule has 1 aliphatic rings. The van der Waals surface area contributed by atoms with Gasteiger partial charge in [0.2, 0.25) is 0 Å². The average molecular weight is 276 g/mol. The number of rotatable bonds is 4. The van der Waals surface area contributed by atoms with Gasteiger partial charge in [-0.2, -0.15) is 0 Å². The van der Waals surface area contributed by atoms with Gasteiger partial charge in [-0.3, -0.25) is 4.79 Å². The molecular weight excluding hydrogens is 260 g/mol. The molecule has 5 nitrogen and oxygen atoms in total. The second-order valence-electron chi connectivity index (χ2n) is 4.52. The Labute approximate surface area is 104 Å². The molecule has 0 amide bonds. The lowest BCUT2D eigenvalue weighted by atomic mass is 9.76. The largest absolute Gasteiger partial charge is 0.315 e. The fraction of sp³-hybridized carbons (Fsp3) is 0.700. The molecule has 2 rings (SSSR count). The van der Waals surface area contributed by atoms with Crippen LogP contribution in [0.3, 0.4) is 0 Å². The summed E-state index contributed by atoms with van der Waals surface area (Å²) in [7, 11) is -3.56. The molecule has 0 spiro atoms. The van der Waals surface area contributed by atoms with Crippen molar-refractivity contribution in [1.82, 2.24) is 9.71 Å². The third-order valence-electron chi connectivity index (χ3n) is 3.36. The van der Waals surface area contributed by atoms with Crippen molar-refractivity contribution in [2.24, 2.45) is 0 Å². The van der Waals surface area contributed by atoms with E-state index in [2.05, 4.69) is 9.71 Å². The summed E-state index contributed by atoms with van der Waals surface area (Å²) in [6, 6.07) is 0. The van der Waals surface area contributed by atoms with E-state index in [1.54, 1.807) is 6.92 Å². The molecule has 0 unspecified atom stereocenters. The summed E-state index contributed by atoms with van der Waals surface area (Å²) >= 11 is 0.745. The average Bonchev–Trinajstić information content (AvgIpc) is 2.52. The zero-order chi connectivity index (χ0) is 12.7. The predicted molar refractivity (Wildman–Crippen MR) is 66.9 cm³/mol. The Bertz CT molecular complexity index is 561. The van der Waals surface area contributed by atoms with Gasteiger partial charge in [0.05, 0.1) is 0 Å². The summed E-state index contributed by atoms with van der Waals surface area (Å²) in [6.07, 6.45) is 3.59. The molecule has 0 aliphatic heterocycles. The number of aromatic nitrogens is 1. The summed E-state index contributed by atoms with van der Waals surface area (Å²) in [5, 5.41) is 0. The number of hydrogen-bond donors (Lipinski definition) is 2. The number of sulfonamides is 1. The first-order valence-corrected chi connectivity index (χ1v) is 7.92. The van der Waals surface area contributed by atoms with Crippen LogP contribution in [0.1, 0.15) is 38.3 Å².